The van der Waals surface area contributed by atoms with Gasteiger partial charge in [0.15, 0.2) is 11.2 Å². The van der Waals surface area contributed by atoms with E-state index in [0.29, 0.717) is 29.8 Å². The summed E-state index contributed by atoms with van der Waals surface area (Å²) in [6.45, 7) is 0.0679. The standard InChI is InChI=1S/C10H14N4O3/c1-13-6(4-3-5-15)11-8-7(13)9(16)12-10(17)14(8)2/h15H,3-5H2,1-2H3,(H,12,16,17). The monoisotopic (exact) mass is 238 g/mol. The Morgan fingerprint density at radius 1 is 1.29 bits per heavy atom. The van der Waals surface area contributed by atoms with Crippen LogP contribution in [0.5, 0.6) is 0 Å². The maximum absolute atomic E-state index is 11.7. The lowest BCUT2D eigenvalue weighted by Crippen LogP contribution is -2.29. The van der Waals surface area contributed by atoms with Gasteiger partial charge in [0.1, 0.15) is 5.82 Å². The van der Waals surface area contributed by atoms with E-state index < -0.39 is 11.2 Å². The summed E-state index contributed by atoms with van der Waals surface area (Å²) >= 11 is 0. The first-order chi connectivity index (χ1) is 8.06. The number of rotatable bonds is 3. The molecule has 0 atom stereocenters. The Balaban J connectivity index is 2.73. The number of aryl methyl sites for hydroxylation is 3. The van der Waals surface area contributed by atoms with Gasteiger partial charge in [0.25, 0.3) is 5.56 Å². The molecule has 0 bridgehead atoms. The Morgan fingerprint density at radius 2 is 2.00 bits per heavy atom. The van der Waals surface area contributed by atoms with E-state index in [1.165, 1.54) is 4.57 Å². The Kier molecular flexibility index (Phi) is 2.84. The fraction of sp³-hybridized carbons (Fsp3) is 0.500. The molecule has 0 aliphatic carbocycles. The van der Waals surface area contributed by atoms with Gasteiger partial charge in [-0.1, -0.05) is 0 Å². The van der Waals surface area contributed by atoms with Gasteiger partial charge < -0.3 is 9.67 Å². The molecule has 2 heterocycles. The van der Waals surface area contributed by atoms with Crippen LogP contribution in [0.3, 0.4) is 0 Å². The van der Waals surface area contributed by atoms with Crippen LogP contribution in [0.4, 0.5) is 0 Å². The fourth-order valence-corrected chi connectivity index (χ4v) is 1.81. The minimum Gasteiger partial charge on any atom is -0.396 e. The van der Waals surface area contributed by atoms with Crippen molar-refractivity contribution >= 4 is 11.2 Å². The van der Waals surface area contributed by atoms with Gasteiger partial charge in [0.05, 0.1) is 0 Å². The van der Waals surface area contributed by atoms with E-state index in [1.54, 1.807) is 18.7 Å². The summed E-state index contributed by atoms with van der Waals surface area (Å²) in [7, 11) is 3.28. The van der Waals surface area contributed by atoms with Crippen LogP contribution in [-0.2, 0) is 20.5 Å². The minimum atomic E-state index is -0.477. The Morgan fingerprint density at radius 3 is 2.65 bits per heavy atom. The van der Waals surface area contributed by atoms with E-state index in [1.807, 2.05) is 0 Å². The van der Waals surface area contributed by atoms with Gasteiger partial charge >= 0.3 is 5.69 Å². The van der Waals surface area contributed by atoms with Crippen molar-refractivity contribution in [1.29, 1.82) is 0 Å². The second-order valence-electron chi connectivity index (χ2n) is 3.90. The summed E-state index contributed by atoms with van der Waals surface area (Å²) < 4.78 is 2.96. The van der Waals surface area contributed by atoms with Crippen molar-refractivity contribution < 1.29 is 5.11 Å². The lowest BCUT2D eigenvalue weighted by Gasteiger charge is -1.99. The maximum atomic E-state index is 11.7. The first kappa shape index (κ1) is 11.6. The molecular formula is C10H14N4O3. The number of nitrogens with zero attached hydrogens (tertiary/aromatic N) is 3. The molecule has 0 unspecified atom stereocenters. The van der Waals surface area contributed by atoms with Crippen LogP contribution in [0.25, 0.3) is 11.2 Å². The molecule has 2 aromatic rings. The van der Waals surface area contributed by atoms with Gasteiger partial charge in [-0.3, -0.25) is 14.3 Å². The average molecular weight is 238 g/mol. The second kappa shape index (κ2) is 4.17. The number of aliphatic hydroxyl groups is 1. The summed E-state index contributed by atoms with van der Waals surface area (Å²) in [4.78, 5) is 29.6. The Labute approximate surface area is 96.3 Å². The van der Waals surface area contributed by atoms with Gasteiger partial charge in [-0.25, -0.2) is 9.78 Å². The van der Waals surface area contributed by atoms with E-state index in [-0.39, 0.29) is 6.61 Å². The van der Waals surface area contributed by atoms with Crippen molar-refractivity contribution in [2.75, 3.05) is 6.61 Å². The number of H-pyrrole nitrogens is 1. The molecule has 0 spiro atoms. The van der Waals surface area contributed by atoms with E-state index in [0.717, 1.165) is 0 Å². The molecule has 0 aliphatic heterocycles. The number of hydrogen-bond acceptors (Lipinski definition) is 4. The Bertz CT molecular complexity index is 664. The molecule has 0 saturated carbocycles. The lowest BCUT2D eigenvalue weighted by molar-refractivity contribution is 0.287. The first-order valence-electron chi connectivity index (χ1n) is 5.31. The van der Waals surface area contributed by atoms with Crippen LogP contribution < -0.4 is 11.2 Å². The molecule has 0 aromatic carbocycles. The van der Waals surface area contributed by atoms with Crippen LogP contribution in [0, 0.1) is 0 Å². The van der Waals surface area contributed by atoms with E-state index >= 15 is 0 Å². The molecule has 7 heteroatoms. The molecule has 0 aliphatic rings. The van der Waals surface area contributed by atoms with Gasteiger partial charge in [0.2, 0.25) is 0 Å². The molecule has 92 valence electrons. The van der Waals surface area contributed by atoms with E-state index in [2.05, 4.69) is 9.97 Å². The van der Waals surface area contributed by atoms with Crippen molar-refractivity contribution in [2.24, 2.45) is 14.1 Å². The smallest absolute Gasteiger partial charge is 0.329 e. The third-order valence-corrected chi connectivity index (χ3v) is 2.79. The minimum absolute atomic E-state index is 0.0679. The highest BCUT2D eigenvalue weighted by atomic mass is 16.3. The van der Waals surface area contributed by atoms with Crippen LogP contribution in [0.15, 0.2) is 9.59 Å². The van der Waals surface area contributed by atoms with E-state index in [4.69, 9.17) is 5.11 Å². The predicted octanol–water partition coefficient (Wildman–Crippen LogP) is -1.11. The highest BCUT2D eigenvalue weighted by Crippen LogP contribution is 2.09. The molecule has 2 aromatic heterocycles. The molecule has 17 heavy (non-hydrogen) atoms. The molecule has 0 radical (unpaired) electrons. The zero-order valence-electron chi connectivity index (χ0n) is 9.73. The third-order valence-electron chi connectivity index (χ3n) is 2.79. The topological polar surface area (TPSA) is 92.9 Å². The van der Waals surface area contributed by atoms with Crippen LogP contribution in [0.1, 0.15) is 12.2 Å². The summed E-state index contributed by atoms with van der Waals surface area (Å²) in [5.74, 6) is 0.681. The number of aromatic nitrogens is 4. The largest absolute Gasteiger partial charge is 0.396 e. The quantitative estimate of drug-likeness (QED) is 0.708. The summed E-state index contributed by atoms with van der Waals surface area (Å²) in [5.41, 5.74) is -0.170. The zero-order chi connectivity index (χ0) is 12.6. The predicted molar refractivity (Wildman–Crippen MR) is 62.0 cm³/mol. The SMILES string of the molecule is Cn1c(CCCO)nc2c1c(=O)[nH]c(=O)n2C. The third kappa shape index (κ3) is 1.78. The summed E-state index contributed by atoms with van der Waals surface area (Å²) in [5, 5.41) is 8.79. The normalized spacial score (nSPS) is 11.2. The number of imidazole rings is 1. The fourth-order valence-electron chi connectivity index (χ4n) is 1.81. The Hall–Kier alpha value is -1.89. The van der Waals surface area contributed by atoms with Crippen molar-refractivity contribution in [1.82, 2.24) is 19.1 Å². The van der Waals surface area contributed by atoms with Gasteiger partial charge in [0, 0.05) is 27.1 Å². The summed E-state index contributed by atoms with van der Waals surface area (Å²) in [6, 6.07) is 0. The van der Waals surface area contributed by atoms with Gasteiger partial charge in [-0.15, -0.1) is 0 Å². The number of aliphatic hydroxyl groups excluding tert-OH is 1. The van der Waals surface area contributed by atoms with Crippen LogP contribution in [0.2, 0.25) is 0 Å². The maximum Gasteiger partial charge on any atom is 0.329 e. The molecule has 2 rings (SSSR count). The first-order valence-corrected chi connectivity index (χ1v) is 5.31. The van der Waals surface area contributed by atoms with Gasteiger partial charge in [-0.2, -0.15) is 0 Å². The second-order valence-corrected chi connectivity index (χ2v) is 3.90. The molecule has 0 fully saturated rings. The van der Waals surface area contributed by atoms with Crippen molar-refractivity contribution in [3.8, 4) is 0 Å². The van der Waals surface area contributed by atoms with Crippen molar-refractivity contribution in [3.05, 3.63) is 26.7 Å². The number of aromatic amines is 1. The lowest BCUT2D eigenvalue weighted by atomic mass is 10.3. The number of nitrogens with one attached hydrogen (secondary N) is 1. The van der Waals surface area contributed by atoms with Crippen molar-refractivity contribution in [3.63, 3.8) is 0 Å². The zero-order valence-corrected chi connectivity index (χ0v) is 9.73. The molecular weight excluding hydrogens is 224 g/mol. The highest BCUT2D eigenvalue weighted by Gasteiger charge is 2.13. The highest BCUT2D eigenvalue weighted by molar-refractivity contribution is 5.70. The number of fused-ring (bicyclic) bond motifs is 1. The average Bonchev–Trinajstić information content (AvgIpc) is 2.61. The molecule has 0 amide bonds. The van der Waals surface area contributed by atoms with Crippen LogP contribution >= 0.6 is 0 Å². The summed E-state index contributed by atoms with van der Waals surface area (Å²) in [6.07, 6.45) is 1.14. The van der Waals surface area contributed by atoms with Gasteiger partial charge in [-0.05, 0) is 6.42 Å². The van der Waals surface area contributed by atoms with Crippen molar-refractivity contribution in [2.45, 2.75) is 12.8 Å². The molecule has 0 saturated heterocycles. The molecule has 2 N–H and O–H groups in total. The molecule has 7 nitrogen and oxygen atoms in total. The van der Waals surface area contributed by atoms with Crippen LogP contribution in [-0.4, -0.2) is 30.8 Å². The van der Waals surface area contributed by atoms with E-state index in [9.17, 15) is 9.59 Å². The number of hydrogen-bond donors (Lipinski definition) is 2.